The Hall–Kier alpha value is -1.39. The van der Waals surface area contributed by atoms with Gasteiger partial charge in [-0.2, -0.15) is 0 Å². The van der Waals surface area contributed by atoms with E-state index in [1.54, 1.807) is 0 Å². The van der Waals surface area contributed by atoms with Gasteiger partial charge in [0.05, 0.1) is 18.5 Å². The normalized spacial score (nSPS) is 13.5. The molecule has 1 N–H and O–H groups in total. The summed E-state index contributed by atoms with van der Waals surface area (Å²) in [5.74, 6) is 0. The van der Waals surface area contributed by atoms with Gasteiger partial charge in [-0.3, -0.25) is 4.90 Å². The molecule has 2 aromatic rings. The largest absolute Gasteiger partial charge is 0.395 e. The van der Waals surface area contributed by atoms with Crippen molar-refractivity contribution in [1.82, 2.24) is 14.3 Å². The summed E-state index contributed by atoms with van der Waals surface area (Å²) in [7, 11) is 2.00. The van der Waals surface area contributed by atoms with E-state index in [1.807, 2.05) is 44.6 Å². The van der Waals surface area contributed by atoms with E-state index in [0.717, 1.165) is 17.9 Å². The minimum atomic E-state index is 0.161. The fourth-order valence-corrected chi connectivity index (χ4v) is 1.65. The number of nitrogens with zero attached hydrogens (tertiary/aromatic N) is 3. The predicted molar refractivity (Wildman–Crippen MR) is 63.2 cm³/mol. The summed E-state index contributed by atoms with van der Waals surface area (Å²) >= 11 is 0. The van der Waals surface area contributed by atoms with Gasteiger partial charge in [-0.15, -0.1) is 0 Å². The molecule has 0 aromatic carbocycles. The Labute approximate surface area is 95.1 Å². The third-order valence-electron chi connectivity index (χ3n) is 2.92. The van der Waals surface area contributed by atoms with Crippen LogP contribution in [0.1, 0.15) is 12.6 Å². The Bertz CT molecular complexity index is 466. The lowest BCUT2D eigenvalue weighted by Gasteiger charge is -2.22. The van der Waals surface area contributed by atoms with Gasteiger partial charge in [0.15, 0.2) is 0 Å². The first-order valence-electron chi connectivity index (χ1n) is 5.44. The molecule has 86 valence electrons. The number of aliphatic hydroxyl groups excluding tert-OH is 1. The van der Waals surface area contributed by atoms with Gasteiger partial charge in [0, 0.05) is 18.8 Å². The number of likely N-dealkylation sites (N-methyl/N-ethyl adjacent to an activating group) is 1. The number of hydrogen-bond donors (Lipinski definition) is 1. The van der Waals surface area contributed by atoms with Crippen LogP contribution in [0, 0.1) is 0 Å². The Morgan fingerprint density at radius 2 is 2.31 bits per heavy atom. The van der Waals surface area contributed by atoms with Gasteiger partial charge in [-0.25, -0.2) is 4.98 Å². The predicted octanol–water partition coefficient (Wildman–Crippen LogP) is 1.15. The average Bonchev–Trinajstić information content (AvgIpc) is 2.72. The molecular formula is C12H17N3O. The summed E-state index contributed by atoms with van der Waals surface area (Å²) in [6.45, 7) is 2.96. The number of imidazole rings is 1. The molecule has 0 aliphatic heterocycles. The summed E-state index contributed by atoms with van der Waals surface area (Å²) in [4.78, 5) is 6.44. The van der Waals surface area contributed by atoms with Crippen LogP contribution in [-0.4, -0.2) is 39.1 Å². The fourth-order valence-electron chi connectivity index (χ4n) is 1.65. The second-order valence-electron chi connectivity index (χ2n) is 4.13. The molecule has 4 nitrogen and oxygen atoms in total. The Morgan fingerprint density at radius 3 is 3.06 bits per heavy atom. The van der Waals surface area contributed by atoms with Crippen LogP contribution in [0.25, 0.3) is 5.65 Å². The van der Waals surface area contributed by atoms with Crippen molar-refractivity contribution in [1.29, 1.82) is 0 Å². The van der Waals surface area contributed by atoms with E-state index >= 15 is 0 Å². The molecule has 0 saturated heterocycles. The van der Waals surface area contributed by atoms with Gasteiger partial charge >= 0.3 is 0 Å². The van der Waals surface area contributed by atoms with Gasteiger partial charge in [-0.05, 0) is 26.1 Å². The van der Waals surface area contributed by atoms with Crippen molar-refractivity contribution >= 4 is 5.65 Å². The number of rotatable bonds is 4. The minimum absolute atomic E-state index is 0.161. The molecule has 2 rings (SSSR count). The molecule has 0 amide bonds. The average molecular weight is 219 g/mol. The number of pyridine rings is 1. The minimum Gasteiger partial charge on any atom is -0.395 e. The van der Waals surface area contributed by atoms with E-state index in [-0.39, 0.29) is 12.6 Å². The standard InChI is InChI=1S/C12H17N3O/c1-10(9-16)14(2)8-11-7-13-12-5-3-4-6-15(11)12/h3-7,10,16H,8-9H2,1-2H3. The van der Waals surface area contributed by atoms with Crippen molar-refractivity contribution in [3.8, 4) is 0 Å². The molecule has 1 atom stereocenters. The molecule has 4 heteroatoms. The Balaban J connectivity index is 2.21. The number of aromatic nitrogens is 2. The summed E-state index contributed by atoms with van der Waals surface area (Å²) in [5.41, 5.74) is 2.10. The zero-order chi connectivity index (χ0) is 11.5. The summed E-state index contributed by atoms with van der Waals surface area (Å²) < 4.78 is 2.07. The molecule has 0 aliphatic rings. The lowest BCUT2D eigenvalue weighted by atomic mass is 10.3. The van der Waals surface area contributed by atoms with Crippen LogP contribution in [0.2, 0.25) is 0 Å². The first-order valence-corrected chi connectivity index (χ1v) is 5.44. The molecule has 16 heavy (non-hydrogen) atoms. The first kappa shape index (κ1) is 11.1. The molecule has 0 radical (unpaired) electrons. The smallest absolute Gasteiger partial charge is 0.136 e. The monoisotopic (exact) mass is 219 g/mol. The Morgan fingerprint density at radius 1 is 1.50 bits per heavy atom. The molecular weight excluding hydrogens is 202 g/mol. The second-order valence-corrected chi connectivity index (χ2v) is 4.13. The topological polar surface area (TPSA) is 40.8 Å². The van der Waals surface area contributed by atoms with Gasteiger partial charge in [-0.1, -0.05) is 6.07 Å². The highest BCUT2D eigenvalue weighted by atomic mass is 16.3. The van der Waals surface area contributed by atoms with Crippen LogP contribution in [0.4, 0.5) is 0 Å². The van der Waals surface area contributed by atoms with E-state index < -0.39 is 0 Å². The maximum absolute atomic E-state index is 9.08. The van der Waals surface area contributed by atoms with Crippen LogP contribution >= 0.6 is 0 Å². The van der Waals surface area contributed by atoms with Crippen molar-refractivity contribution in [2.45, 2.75) is 19.5 Å². The molecule has 2 aromatic heterocycles. The third-order valence-corrected chi connectivity index (χ3v) is 2.92. The molecule has 1 unspecified atom stereocenters. The van der Waals surface area contributed by atoms with Crippen molar-refractivity contribution in [2.75, 3.05) is 13.7 Å². The highest BCUT2D eigenvalue weighted by Gasteiger charge is 2.10. The molecule has 0 fully saturated rings. The Kier molecular flexibility index (Phi) is 3.22. The van der Waals surface area contributed by atoms with Gasteiger partial charge in [0.1, 0.15) is 5.65 Å². The van der Waals surface area contributed by atoms with Crippen LogP contribution in [0.15, 0.2) is 30.6 Å². The summed E-state index contributed by atoms with van der Waals surface area (Å²) in [6.07, 6.45) is 3.89. The van der Waals surface area contributed by atoms with Gasteiger partial charge in [0.2, 0.25) is 0 Å². The first-order chi connectivity index (χ1) is 7.72. The third kappa shape index (κ3) is 2.08. The van der Waals surface area contributed by atoms with E-state index in [9.17, 15) is 0 Å². The maximum Gasteiger partial charge on any atom is 0.136 e. The van der Waals surface area contributed by atoms with Crippen molar-refractivity contribution in [3.05, 3.63) is 36.3 Å². The number of aliphatic hydroxyl groups is 1. The maximum atomic E-state index is 9.08. The van der Waals surface area contributed by atoms with Crippen molar-refractivity contribution in [2.24, 2.45) is 0 Å². The van der Waals surface area contributed by atoms with E-state index in [4.69, 9.17) is 5.11 Å². The second kappa shape index (κ2) is 4.63. The van der Waals surface area contributed by atoms with Crippen LogP contribution in [0.5, 0.6) is 0 Å². The SMILES string of the molecule is CC(CO)N(C)Cc1cnc2ccccn12. The van der Waals surface area contributed by atoms with E-state index in [0.29, 0.717) is 0 Å². The van der Waals surface area contributed by atoms with Crippen LogP contribution in [0.3, 0.4) is 0 Å². The molecule has 2 heterocycles. The zero-order valence-electron chi connectivity index (χ0n) is 9.67. The molecule has 0 spiro atoms. The quantitative estimate of drug-likeness (QED) is 0.838. The highest BCUT2D eigenvalue weighted by Crippen LogP contribution is 2.09. The van der Waals surface area contributed by atoms with Gasteiger partial charge in [0.25, 0.3) is 0 Å². The lowest BCUT2D eigenvalue weighted by molar-refractivity contribution is 0.152. The van der Waals surface area contributed by atoms with Crippen molar-refractivity contribution in [3.63, 3.8) is 0 Å². The fraction of sp³-hybridized carbons (Fsp3) is 0.417. The van der Waals surface area contributed by atoms with Crippen LogP contribution < -0.4 is 0 Å². The lowest BCUT2D eigenvalue weighted by Crippen LogP contribution is -2.31. The molecule has 0 aliphatic carbocycles. The molecule has 0 saturated carbocycles. The van der Waals surface area contributed by atoms with E-state index in [1.165, 1.54) is 0 Å². The highest BCUT2D eigenvalue weighted by molar-refractivity contribution is 5.39. The summed E-state index contributed by atoms with van der Waals surface area (Å²) in [6, 6.07) is 6.12. The molecule has 0 bridgehead atoms. The number of hydrogen-bond acceptors (Lipinski definition) is 3. The van der Waals surface area contributed by atoms with Crippen molar-refractivity contribution < 1.29 is 5.11 Å². The van der Waals surface area contributed by atoms with Gasteiger partial charge < -0.3 is 9.51 Å². The zero-order valence-corrected chi connectivity index (χ0v) is 9.67. The summed E-state index contributed by atoms with van der Waals surface area (Å²) in [5, 5.41) is 9.08. The number of fused-ring (bicyclic) bond motifs is 1. The van der Waals surface area contributed by atoms with E-state index in [2.05, 4.69) is 14.3 Å². The van der Waals surface area contributed by atoms with Crippen LogP contribution in [-0.2, 0) is 6.54 Å².